The van der Waals surface area contributed by atoms with Gasteiger partial charge in [-0.05, 0) is 17.7 Å². The highest BCUT2D eigenvalue weighted by Gasteiger charge is 2.44. The molecule has 1 aliphatic rings. The maximum absolute atomic E-state index is 12.0. The van der Waals surface area contributed by atoms with Crippen LogP contribution in [0.2, 0.25) is 0 Å². The Kier molecular flexibility index (Phi) is 6.54. The second kappa shape index (κ2) is 9.07. The molecular weight excluding hydrogens is 352 g/mol. The zero-order valence-electron chi connectivity index (χ0n) is 14.5. The summed E-state index contributed by atoms with van der Waals surface area (Å²) in [4.78, 5) is 12.0. The number of esters is 1. The van der Waals surface area contributed by atoms with Gasteiger partial charge in [-0.3, -0.25) is 0 Å². The predicted octanol–water partition coefficient (Wildman–Crippen LogP) is 0.868. The SMILES string of the molecule is O=C(OCC1OC(OCc2ccccc2)C(O)C(O)C1O)c1ccccc1. The highest BCUT2D eigenvalue weighted by molar-refractivity contribution is 5.89. The lowest BCUT2D eigenvalue weighted by Gasteiger charge is -2.39. The number of ether oxygens (including phenoxy) is 3. The van der Waals surface area contributed by atoms with Crippen molar-refractivity contribution in [1.29, 1.82) is 0 Å². The number of aliphatic hydroxyl groups excluding tert-OH is 3. The normalized spacial score (nSPS) is 27.9. The van der Waals surface area contributed by atoms with E-state index in [2.05, 4.69) is 0 Å². The van der Waals surface area contributed by atoms with Crippen LogP contribution in [0.25, 0.3) is 0 Å². The average Bonchev–Trinajstić information content (AvgIpc) is 2.72. The lowest BCUT2D eigenvalue weighted by molar-refractivity contribution is -0.303. The van der Waals surface area contributed by atoms with E-state index >= 15 is 0 Å². The molecule has 27 heavy (non-hydrogen) atoms. The van der Waals surface area contributed by atoms with Crippen LogP contribution < -0.4 is 0 Å². The summed E-state index contributed by atoms with van der Waals surface area (Å²) in [7, 11) is 0. The third-order valence-electron chi connectivity index (χ3n) is 4.31. The van der Waals surface area contributed by atoms with Crippen molar-refractivity contribution in [2.24, 2.45) is 0 Å². The topological polar surface area (TPSA) is 105 Å². The summed E-state index contributed by atoms with van der Waals surface area (Å²) in [6.07, 6.45) is -6.52. The second-order valence-corrected chi connectivity index (χ2v) is 6.28. The molecule has 1 saturated heterocycles. The minimum Gasteiger partial charge on any atom is -0.459 e. The third kappa shape index (κ3) is 4.91. The summed E-state index contributed by atoms with van der Waals surface area (Å²) in [6, 6.07) is 17.6. The Bertz CT molecular complexity index is 722. The number of carbonyl (C=O) groups excluding carboxylic acids is 1. The molecule has 1 fully saturated rings. The molecule has 5 unspecified atom stereocenters. The molecule has 0 bridgehead atoms. The number of aliphatic hydroxyl groups is 3. The molecule has 0 amide bonds. The van der Waals surface area contributed by atoms with Gasteiger partial charge in [0.2, 0.25) is 0 Å². The average molecular weight is 374 g/mol. The Morgan fingerprint density at radius 2 is 1.52 bits per heavy atom. The van der Waals surface area contributed by atoms with Crippen LogP contribution in [0.15, 0.2) is 60.7 Å². The van der Waals surface area contributed by atoms with Crippen molar-refractivity contribution in [3.05, 3.63) is 71.8 Å². The molecule has 0 aliphatic carbocycles. The van der Waals surface area contributed by atoms with Gasteiger partial charge in [-0.1, -0.05) is 48.5 Å². The molecule has 0 spiro atoms. The van der Waals surface area contributed by atoms with Crippen LogP contribution in [0.5, 0.6) is 0 Å². The molecule has 144 valence electrons. The molecule has 3 N–H and O–H groups in total. The molecule has 0 aromatic heterocycles. The number of benzene rings is 2. The van der Waals surface area contributed by atoms with Crippen LogP contribution in [-0.4, -0.2) is 58.6 Å². The fourth-order valence-corrected chi connectivity index (χ4v) is 2.76. The third-order valence-corrected chi connectivity index (χ3v) is 4.31. The fourth-order valence-electron chi connectivity index (χ4n) is 2.76. The van der Waals surface area contributed by atoms with E-state index in [9.17, 15) is 20.1 Å². The minimum atomic E-state index is -1.49. The molecule has 1 heterocycles. The van der Waals surface area contributed by atoms with E-state index in [1.807, 2.05) is 30.3 Å². The van der Waals surface area contributed by atoms with Gasteiger partial charge in [-0.25, -0.2) is 4.79 Å². The zero-order chi connectivity index (χ0) is 19.2. The van der Waals surface area contributed by atoms with Crippen molar-refractivity contribution in [1.82, 2.24) is 0 Å². The van der Waals surface area contributed by atoms with Gasteiger partial charge in [-0.15, -0.1) is 0 Å². The van der Waals surface area contributed by atoms with Crippen molar-refractivity contribution >= 4 is 5.97 Å². The lowest BCUT2D eigenvalue weighted by atomic mass is 9.99. The summed E-state index contributed by atoms with van der Waals surface area (Å²) in [6.45, 7) is -0.133. The van der Waals surface area contributed by atoms with E-state index in [1.54, 1.807) is 30.3 Å². The van der Waals surface area contributed by atoms with E-state index < -0.39 is 36.7 Å². The number of carbonyl (C=O) groups is 1. The lowest BCUT2D eigenvalue weighted by Crippen LogP contribution is -2.59. The van der Waals surface area contributed by atoms with Crippen LogP contribution in [0.3, 0.4) is 0 Å². The summed E-state index contributed by atoms with van der Waals surface area (Å²) in [5.41, 5.74) is 1.22. The Hall–Kier alpha value is -2.29. The van der Waals surface area contributed by atoms with Crippen molar-refractivity contribution in [3.8, 4) is 0 Å². The van der Waals surface area contributed by atoms with Crippen LogP contribution in [0.4, 0.5) is 0 Å². The second-order valence-electron chi connectivity index (χ2n) is 6.28. The molecule has 2 aromatic carbocycles. The molecule has 1 aliphatic heterocycles. The van der Waals surface area contributed by atoms with Gasteiger partial charge >= 0.3 is 5.97 Å². The van der Waals surface area contributed by atoms with Gasteiger partial charge in [0.25, 0.3) is 0 Å². The minimum absolute atomic E-state index is 0.155. The molecule has 2 aromatic rings. The van der Waals surface area contributed by atoms with Crippen molar-refractivity contribution in [2.45, 2.75) is 37.3 Å². The van der Waals surface area contributed by atoms with Gasteiger partial charge < -0.3 is 29.5 Å². The standard InChI is InChI=1S/C20H22O7/c21-16-15(12-25-19(24)14-9-5-2-6-10-14)27-20(18(23)17(16)22)26-11-13-7-3-1-4-8-13/h1-10,15-18,20-23H,11-12H2. The van der Waals surface area contributed by atoms with Gasteiger partial charge in [0.1, 0.15) is 31.0 Å². The first-order chi connectivity index (χ1) is 13.1. The van der Waals surface area contributed by atoms with Crippen LogP contribution in [0, 0.1) is 0 Å². The molecule has 0 saturated carbocycles. The zero-order valence-corrected chi connectivity index (χ0v) is 14.5. The van der Waals surface area contributed by atoms with E-state index in [0.717, 1.165) is 5.56 Å². The Morgan fingerprint density at radius 1 is 0.889 bits per heavy atom. The van der Waals surface area contributed by atoms with Crippen LogP contribution >= 0.6 is 0 Å². The molecule has 5 atom stereocenters. The van der Waals surface area contributed by atoms with E-state index in [0.29, 0.717) is 5.56 Å². The first kappa shape index (κ1) is 19.5. The quantitative estimate of drug-likeness (QED) is 0.644. The molecule has 7 heteroatoms. The highest BCUT2D eigenvalue weighted by Crippen LogP contribution is 2.23. The number of hydrogen-bond acceptors (Lipinski definition) is 7. The van der Waals surface area contributed by atoms with Crippen molar-refractivity contribution in [2.75, 3.05) is 6.61 Å². The van der Waals surface area contributed by atoms with Crippen molar-refractivity contribution < 1.29 is 34.3 Å². The van der Waals surface area contributed by atoms with Gasteiger partial charge in [0.15, 0.2) is 6.29 Å². The predicted molar refractivity (Wildman–Crippen MR) is 94.6 cm³/mol. The Labute approximate surface area is 156 Å². The summed E-state index contributed by atoms with van der Waals surface area (Å²) in [5.74, 6) is -0.575. The molecule has 7 nitrogen and oxygen atoms in total. The molecular formula is C20H22O7. The molecule has 3 rings (SSSR count). The summed E-state index contributed by atoms with van der Waals surface area (Å²) >= 11 is 0. The summed E-state index contributed by atoms with van der Waals surface area (Å²) < 4.78 is 16.2. The highest BCUT2D eigenvalue weighted by atomic mass is 16.7. The van der Waals surface area contributed by atoms with E-state index in [1.165, 1.54) is 0 Å². The smallest absolute Gasteiger partial charge is 0.338 e. The van der Waals surface area contributed by atoms with Crippen LogP contribution in [-0.2, 0) is 20.8 Å². The fraction of sp³-hybridized carbons (Fsp3) is 0.350. The first-order valence-electron chi connectivity index (χ1n) is 8.63. The Balaban J connectivity index is 1.58. The van der Waals surface area contributed by atoms with Crippen molar-refractivity contribution in [3.63, 3.8) is 0 Å². The van der Waals surface area contributed by atoms with E-state index in [-0.39, 0.29) is 13.2 Å². The summed E-state index contributed by atoms with van der Waals surface area (Å²) in [5, 5.41) is 30.3. The van der Waals surface area contributed by atoms with Gasteiger partial charge in [-0.2, -0.15) is 0 Å². The maximum Gasteiger partial charge on any atom is 0.338 e. The van der Waals surface area contributed by atoms with Gasteiger partial charge in [0.05, 0.1) is 12.2 Å². The van der Waals surface area contributed by atoms with Gasteiger partial charge in [0, 0.05) is 0 Å². The van der Waals surface area contributed by atoms with Crippen LogP contribution in [0.1, 0.15) is 15.9 Å². The number of hydrogen-bond donors (Lipinski definition) is 3. The Morgan fingerprint density at radius 3 is 2.19 bits per heavy atom. The first-order valence-corrected chi connectivity index (χ1v) is 8.63. The maximum atomic E-state index is 12.0. The monoisotopic (exact) mass is 374 g/mol. The molecule has 0 radical (unpaired) electrons. The largest absolute Gasteiger partial charge is 0.459 e. The van der Waals surface area contributed by atoms with E-state index in [4.69, 9.17) is 14.2 Å². The number of rotatable bonds is 6.